The van der Waals surface area contributed by atoms with Crippen molar-refractivity contribution in [2.75, 3.05) is 0 Å². The van der Waals surface area contributed by atoms with Crippen LogP contribution in [0.15, 0.2) is 60.7 Å². The lowest BCUT2D eigenvalue weighted by Gasteiger charge is -2.33. The molecule has 3 heteroatoms. The summed E-state index contributed by atoms with van der Waals surface area (Å²) in [6.07, 6.45) is 1.51. The zero-order chi connectivity index (χ0) is 15.4. The van der Waals surface area contributed by atoms with Gasteiger partial charge in [-0.15, -0.1) is 0 Å². The van der Waals surface area contributed by atoms with E-state index in [1.54, 1.807) is 0 Å². The van der Waals surface area contributed by atoms with Crippen LogP contribution in [-0.2, 0) is 0 Å². The van der Waals surface area contributed by atoms with E-state index in [2.05, 4.69) is 41.3 Å². The minimum atomic E-state index is -0.213. The third kappa shape index (κ3) is 2.60. The SMILES string of the molecule is N#CC1CCC(C#N)N1C(c1ccccc1)c1ccccc1. The highest BCUT2D eigenvalue weighted by molar-refractivity contribution is 5.34. The van der Waals surface area contributed by atoms with Crippen molar-refractivity contribution in [1.29, 1.82) is 10.5 Å². The number of benzene rings is 2. The molecule has 0 bridgehead atoms. The molecule has 0 radical (unpaired) electrons. The van der Waals surface area contributed by atoms with Gasteiger partial charge >= 0.3 is 0 Å². The topological polar surface area (TPSA) is 50.8 Å². The molecule has 2 unspecified atom stereocenters. The van der Waals surface area contributed by atoms with Crippen LogP contribution in [0.25, 0.3) is 0 Å². The zero-order valence-electron chi connectivity index (χ0n) is 12.3. The van der Waals surface area contributed by atoms with Crippen LogP contribution in [0.5, 0.6) is 0 Å². The van der Waals surface area contributed by atoms with Crippen molar-refractivity contribution in [1.82, 2.24) is 4.90 Å². The van der Waals surface area contributed by atoms with Crippen LogP contribution >= 0.6 is 0 Å². The molecule has 0 aromatic heterocycles. The fourth-order valence-corrected chi connectivity index (χ4v) is 3.26. The van der Waals surface area contributed by atoms with Gasteiger partial charge in [0.25, 0.3) is 0 Å². The van der Waals surface area contributed by atoms with Crippen molar-refractivity contribution in [3.05, 3.63) is 71.8 Å². The molecule has 2 aromatic rings. The van der Waals surface area contributed by atoms with E-state index in [0.717, 1.165) is 24.0 Å². The Balaban J connectivity index is 2.10. The molecule has 1 heterocycles. The maximum absolute atomic E-state index is 9.49. The summed E-state index contributed by atoms with van der Waals surface area (Å²) < 4.78 is 0. The van der Waals surface area contributed by atoms with Gasteiger partial charge in [-0.25, -0.2) is 0 Å². The van der Waals surface area contributed by atoms with Crippen molar-refractivity contribution >= 4 is 0 Å². The average molecular weight is 287 g/mol. The molecule has 0 spiro atoms. The molecule has 0 amide bonds. The quantitative estimate of drug-likeness (QED) is 0.865. The molecule has 2 aromatic carbocycles. The number of hydrogen-bond donors (Lipinski definition) is 0. The Morgan fingerprint density at radius 1 is 0.773 bits per heavy atom. The molecular weight excluding hydrogens is 270 g/mol. The van der Waals surface area contributed by atoms with E-state index in [4.69, 9.17) is 0 Å². The average Bonchev–Trinajstić information content (AvgIpc) is 3.00. The van der Waals surface area contributed by atoms with Crippen LogP contribution in [0.2, 0.25) is 0 Å². The Kier molecular flexibility index (Phi) is 4.19. The van der Waals surface area contributed by atoms with Crippen LogP contribution in [0.3, 0.4) is 0 Å². The minimum absolute atomic E-state index is 0.0563. The maximum Gasteiger partial charge on any atom is 0.0996 e. The Labute approximate surface area is 131 Å². The molecule has 1 saturated heterocycles. The Bertz CT molecular complexity index is 635. The number of rotatable bonds is 3. The first-order valence-electron chi connectivity index (χ1n) is 7.51. The first-order valence-corrected chi connectivity index (χ1v) is 7.51. The van der Waals surface area contributed by atoms with Crippen LogP contribution < -0.4 is 0 Å². The second-order valence-electron chi connectivity index (χ2n) is 5.54. The van der Waals surface area contributed by atoms with Gasteiger partial charge in [0.1, 0.15) is 0 Å². The first-order chi connectivity index (χ1) is 10.8. The molecule has 1 aliphatic heterocycles. The summed E-state index contributed by atoms with van der Waals surface area (Å²) in [5, 5.41) is 19.0. The highest BCUT2D eigenvalue weighted by Crippen LogP contribution is 2.37. The van der Waals surface area contributed by atoms with E-state index >= 15 is 0 Å². The van der Waals surface area contributed by atoms with Gasteiger partial charge in [-0.2, -0.15) is 10.5 Å². The molecule has 1 fully saturated rings. The van der Waals surface area contributed by atoms with Crippen molar-refractivity contribution in [2.45, 2.75) is 31.0 Å². The van der Waals surface area contributed by atoms with E-state index < -0.39 is 0 Å². The fraction of sp³-hybridized carbons (Fsp3) is 0.263. The van der Waals surface area contributed by atoms with E-state index in [0.29, 0.717) is 0 Å². The highest BCUT2D eigenvalue weighted by Gasteiger charge is 2.39. The lowest BCUT2D eigenvalue weighted by atomic mass is 9.95. The molecule has 108 valence electrons. The summed E-state index contributed by atoms with van der Waals surface area (Å²) in [6.45, 7) is 0. The third-order valence-electron chi connectivity index (χ3n) is 4.26. The molecule has 0 N–H and O–H groups in total. The van der Waals surface area contributed by atoms with Gasteiger partial charge in [-0.3, -0.25) is 4.90 Å². The molecule has 0 saturated carbocycles. The summed E-state index contributed by atoms with van der Waals surface area (Å²) in [4.78, 5) is 2.07. The predicted octanol–water partition coefficient (Wildman–Crippen LogP) is 3.66. The van der Waals surface area contributed by atoms with Crippen LogP contribution in [0.4, 0.5) is 0 Å². The molecule has 22 heavy (non-hydrogen) atoms. The first kappa shape index (κ1) is 14.3. The van der Waals surface area contributed by atoms with E-state index in [9.17, 15) is 10.5 Å². The molecule has 3 rings (SSSR count). The summed E-state index contributed by atoms with van der Waals surface area (Å²) in [7, 11) is 0. The second kappa shape index (κ2) is 6.43. The van der Waals surface area contributed by atoms with E-state index in [-0.39, 0.29) is 18.1 Å². The normalized spacial score (nSPS) is 21.4. The standard InChI is InChI=1S/C19H17N3/c20-13-17-11-12-18(14-21)22(17)19(15-7-3-1-4-8-15)16-9-5-2-6-10-16/h1-10,17-19H,11-12H2. The largest absolute Gasteiger partial charge is 0.261 e. The number of nitrogens with zero attached hydrogens (tertiary/aromatic N) is 3. The summed E-state index contributed by atoms with van der Waals surface area (Å²) in [6, 6.07) is 24.5. The molecule has 3 nitrogen and oxygen atoms in total. The Morgan fingerprint density at radius 3 is 1.55 bits per heavy atom. The van der Waals surface area contributed by atoms with E-state index in [1.807, 2.05) is 36.4 Å². The number of nitriles is 2. The van der Waals surface area contributed by atoms with Crippen molar-refractivity contribution < 1.29 is 0 Å². The van der Waals surface area contributed by atoms with Gasteiger partial charge < -0.3 is 0 Å². The molecular formula is C19H17N3. The van der Waals surface area contributed by atoms with Gasteiger partial charge in [-0.05, 0) is 24.0 Å². The van der Waals surface area contributed by atoms with E-state index in [1.165, 1.54) is 0 Å². The number of hydrogen-bond acceptors (Lipinski definition) is 3. The second-order valence-corrected chi connectivity index (χ2v) is 5.54. The lowest BCUT2D eigenvalue weighted by molar-refractivity contribution is 0.207. The summed E-state index contributed by atoms with van der Waals surface area (Å²) >= 11 is 0. The molecule has 2 atom stereocenters. The van der Waals surface area contributed by atoms with Gasteiger partial charge in [0.2, 0.25) is 0 Å². The van der Waals surface area contributed by atoms with Gasteiger partial charge in [0, 0.05) is 0 Å². The minimum Gasteiger partial charge on any atom is -0.261 e. The van der Waals surface area contributed by atoms with Gasteiger partial charge in [0.05, 0.1) is 30.3 Å². The van der Waals surface area contributed by atoms with Crippen LogP contribution in [0, 0.1) is 22.7 Å². The fourth-order valence-electron chi connectivity index (χ4n) is 3.26. The highest BCUT2D eigenvalue weighted by atomic mass is 15.2. The molecule has 0 aliphatic carbocycles. The van der Waals surface area contributed by atoms with Crippen molar-refractivity contribution in [3.8, 4) is 12.1 Å². The third-order valence-corrected chi connectivity index (χ3v) is 4.26. The zero-order valence-corrected chi connectivity index (χ0v) is 12.3. The summed E-state index contributed by atoms with van der Waals surface area (Å²) in [5.41, 5.74) is 2.24. The summed E-state index contributed by atoms with van der Waals surface area (Å²) in [5.74, 6) is 0. The Hall–Kier alpha value is -2.62. The van der Waals surface area contributed by atoms with Crippen molar-refractivity contribution in [2.24, 2.45) is 0 Å². The number of likely N-dealkylation sites (tertiary alicyclic amines) is 1. The van der Waals surface area contributed by atoms with Crippen LogP contribution in [-0.4, -0.2) is 17.0 Å². The Morgan fingerprint density at radius 2 is 1.18 bits per heavy atom. The van der Waals surface area contributed by atoms with Gasteiger partial charge in [0.15, 0.2) is 0 Å². The monoisotopic (exact) mass is 287 g/mol. The van der Waals surface area contributed by atoms with Gasteiger partial charge in [-0.1, -0.05) is 60.7 Å². The van der Waals surface area contributed by atoms with Crippen LogP contribution in [0.1, 0.15) is 30.0 Å². The maximum atomic E-state index is 9.49. The predicted molar refractivity (Wildman–Crippen MR) is 84.6 cm³/mol. The smallest absolute Gasteiger partial charge is 0.0996 e. The van der Waals surface area contributed by atoms with Crippen molar-refractivity contribution in [3.63, 3.8) is 0 Å². The molecule has 1 aliphatic rings. The lowest BCUT2D eigenvalue weighted by Crippen LogP contribution is -2.38.